The molecule has 0 aliphatic carbocycles. The fourth-order valence-electron chi connectivity index (χ4n) is 3.55. The lowest BCUT2D eigenvalue weighted by Gasteiger charge is -2.06. The maximum absolute atomic E-state index is 9.94. The highest BCUT2D eigenvalue weighted by Gasteiger charge is 2.07. The van der Waals surface area contributed by atoms with E-state index in [1.165, 1.54) is 6.08 Å². The monoisotopic (exact) mass is 720 g/mol. The molecule has 49 heavy (non-hydrogen) atoms. The number of halogens is 1. The summed E-state index contributed by atoms with van der Waals surface area (Å²) in [5.74, 6) is 1.67. The first-order chi connectivity index (χ1) is 23.2. The molecule has 250 valence electrons. The molecule has 0 saturated carbocycles. The standard InChI is InChI=1S/C14H11N3.C8H7N3.C6H5Br.C6H5NO.C3H4O.H3N.H2O/c1-2-6-12(7-3-1)17-11-10-16-14(17)13-8-4-5-9-15-13;1-2-4-9-7(3-1)8-10-5-6-11-8;7-6-4-2-1-3-5-6;8-5-6-3-1-2-4-7-6;1-2-3-4;;/h1-11H;1-6H,(H,10,11);1-5H;1-5H;2-3H,1H2;1H3;1H2. The molecule has 0 aliphatic rings. The van der Waals surface area contributed by atoms with Crippen LogP contribution in [0.25, 0.3) is 28.7 Å². The van der Waals surface area contributed by atoms with Gasteiger partial charge in [0.15, 0.2) is 17.9 Å². The Labute approximate surface area is 293 Å². The molecule has 0 spiro atoms. The minimum absolute atomic E-state index is 0. The van der Waals surface area contributed by atoms with Crippen molar-refractivity contribution in [2.75, 3.05) is 0 Å². The number of aromatic nitrogens is 7. The summed E-state index contributed by atoms with van der Waals surface area (Å²) < 4.78 is 3.16. The summed E-state index contributed by atoms with van der Waals surface area (Å²) in [7, 11) is 0. The molecule has 11 nitrogen and oxygen atoms in total. The molecule has 0 fully saturated rings. The number of aromatic amines is 1. The Bertz CT molecular complexity index is 1770. The van der Waals surface area contributed by atoms with Crippen molar-refractivity contribution in [3.8, 4) is 28.7 Å². The van der Waals surface area contributed by atoms with Crippen molar-refractivity contribution in [3.05, 3.63) is 181 Å². The lowest BCUT2D eigenvalue weighted by Crippen LogP contribution is -1.96. The van der Waals surface area contributed by atoms with E-state index in [1.807, 2.05) is 108 Å². The first-order valence-electron chi connectivity index (χ1n) is 14.2. The van der Waals surface area contributed by atoms with Crippen LogP contribution in [-0.4, -0.2) is 52.5 Å². The number of nitrogens with one attached hydrogen (secondary N) is 1. The van der Waals surface area contributed by atoms with E-state index >= 15 is 0 Å². The quantitative estimate of drug-likeness (QED) is 0.135. The normalized spacial score (nSPS) is 8.84. The van der Waals surface area contributed by atoms with Gasteiger partial charge in [-0.1, -0.05) is 77.1 Å². The number of benzene rings is 2. The van der Waals surface area contributed by atoms with E-state index in [-0.39, 0.29) is 11.6 Å². The van der Waals surface area contributed by atoms with Gasteiger partial charge in [0.1, 0.15) is 23.4 Å². The van der Waals surface area contributed by atoms with Crippen molar-refractivity contribution >= 4 is 28.5 Å². The SMILES string of the molecule is Brc1ccccc1.C=CC=O.N.O.O=Cc1ccccn1.c1ccc(-c2ncc[nH]2)nc1.c1ccc(-n2ccnc2-c2ccccn2)cc1. The third kappa shape index (κ3) is 15.3. The number of allylic oxidation sites excluding steroid dienone is 1. The first kappa shape index (κ1) is 40.8. The molecular formula is C37H37BrN8O3. The molecule has 0 atom stereocenters. The Balaban J connectivity index is 0.000000328. The van der Waals surface area contributed by atoms with Crippen molar-refractivity contribution in [2.24, 2.45) is 0 Å². The maximum atomic E-state index is 9.94. The Morgan fingerprint density at radius 1 is 0.633 bits per heavy atom. The number of rotatable bonds is 5. The highest BCUT2D eigenvalue weighted by atomic mass is 79.9. The van der Waals surface area contributed by atoms with Gasteiger partial charge in [-0.2, -0.15) is 0 Å². The summed E-state index contributed by atoms with van der Waals surface area (Å²) in [5, 5.41) is 0. The zero-order valence-corrected chi connectivity index (χ0v) is 28.1. The molecule has 0 radical (unpaired) electrons. The van der Waals surface area contributed by atoms with Crippen LogP contribution >= 0.6 is 15.9 Å². The van der Waals surface area contributed by atoms with E-state index in [9.17, 15) is 4.79 Å². The van der Waals surface area contributed by atoms with E-state index in [2.05, 4.69) is 52.4 Å². The summed E-state index contributed by atoms with van der Waals surface area (Å²) in [6, 6.07) is 36.9. The topological polar surface area (TPSA) is 186 Å². The van der Waals surface area contributed by atoms with Crippen molar-refractivity contribution < 1.29 is 15.1 Å². The second kappa shape index (κ2) is 25.0. The minimum atomic E-state index is 0. The van der Waals surface area contributed by atoms with Crippen molar-refractivity contribution in [2.45, 2.75) is 0 Å². The first-order valence-corrected chi connectivity index (χ1v) is 15.0. The van der Waals surface area contributed by atoms with E-state index < -0.39 is 0 Å². The van der Waals surface area contributed by atoms with E-state index in [1.54, 1.807) is 55.4 Å². The number of pyridine rings is 3. The predicted molar refractivity (Wildman–Crippen MR) is 197 cm³/mol. The predicted octanol–water partition coefficient (Wildman–Crippen LogP) is 7.46. The number of nitrogens with zero attached hydrogens (tertiary/aromatic N) is 6. The summed E-state index contributed by atoms with van der Waals surface area (Å²) in [5.41, 5.74) is 3.32. The van der Waals surface area contributed by atoms with Crippen LogP contribution in [-0.2, 0) is 4.79 Å². The average molecular weight is 722 g/mol. The molecule has 6 N–H and O–H groups in total. The Morgan fingerprint density at radius 2 is 1.18 bits per heavy atom. The average Bonchev–Trinajstić information content (AvgIpc) is 3.88. The molecule has 0 saturated heterocycles. The molecule has 12 heteroatoms. The Hall–Kier alpha value is -6.21. The van der Waals surface area contributed by atoms with Gasteiger partial charge >= 0.3 is 0 Å². The van der Waals surface area contributed by atoms with Gasteiger partial charge in [-0.05, 0) is 66.7 Å². The highest BCUT2D eigenvalue weighted by Crippen LogP contribution is 2.18. The second-order valence-electron chi connectivity index (χ2n) is 8.86. The molecule has 5 heterocycles. The fraction of sp³-hybridized carbons (Fsp3) is 0. The van der Waals surface area contributed by atoms with Crippen LogP contribution in [0.3, 0.4) is 0 Å². The van der Waals surface area contributed by atoms with Gasteiger partial charge in [-0.15, -0.1) is 0 Å². The number of para-hydroxylation sites is 1. The molecule has 0 bridgehead atoms. The van der Waals surface area contributed by atoms with Gasteiger partial charge in [0.05, 0.1) is 0 Å². The molecular weight excluding hydrogens is 684 g/mol. The summed E-state index contributed by atoms with van der Waals surface area (Å²) >= 11 is 3.31. The van der Waals surface area contributed by atoms with E-state index in [0.717, 1.165) is 39.5 Å². The smallest absolute Gasteiger partial charge is 0.168 e. The van der Waals surface area contributed by atoms with E-state index in [4.69, 9.17) is 4.79 Å². The third-order valence-corrected chi connectivity index (χ3v) is 6.14. The van der Waals surface area contributed by atoms with Crippen LogP contribution in [0.5, 0.6) is 0 Å². The Kier molecular flexibility index (Phi) is 20.8. The van der Waals surface area contributed by atoms with Gasteiger partial charge < -0.3 is 16.6 Å². The van der Waals surface area contributed by atoms with Gasteiger partial charge in [-0.3, -0.25) is 29.1 Å². The van der Waals surface area contributed by atoms with Crippen molar-refractivity contribution in [1.29, 1.82) is 0 Å². The van der Waals surface area contributed by atoms with Crippen LogP contribution in [0.1, 0.15) is 10.5 Å². The zero-order valence-electron chi connectivity index (χ0n) is 26.5. The molecule has 7 rings (SSSR count). The zero-order chi connectivity index (χ0) is 33.4. The number of hydrogen-bond acceptors (Lipinski definition) is 8. The van der Waals surface area contributed by atoms with Crippen LogP contribution in [0.2, 0.25) is 0 Å². The van der Waals surface area contributed by atoms with Gasteiger partial charge in [-0.25, -0.2) is 9.97 Å². The van der Waals surface area contributed by atoms with Gasteiger partial charge in [0.2, 0.25) is 0 Å². The lowest BCUT2D eigenvalue weighted by molar-refractivity contribution is -0.104. The summed E-state index contributed by atoms with van der Waals surface area (Å²) in [6.45, 7) is 3.11. The van der Waals surface area contributed by atoms with E-state index in [0.29, 0.717) is 12.0 Å². The minimum Gasteiger partial charge on any atom is -0.412 e. The summed E-state index contributed by atoms with van der Waals surface area (Å²) in [6.07, 6.45) is 14.9. The van der Waals surface area contributed by atoms with Crippen molar-refractivity contribution in [1.82, 2.24) is 40.6 Å². The molecule has 0 unspecified atom stereocenters. The summed E-state index contributed by atoms with van der Waals surface area (Å²) in [4.78, 5) is 42.6. The number of hydrogen-bond donors (Lipinski definition) is 2. The number of imidazole rings is 2. The van der Waals surface area contributed by atoms with Crippen molar-refractivity contribution in [3.63, 3.8) is 0 Å². The van der Waals surface area contributed by atoms with Crippen LogP contribution in [0, 0.1) is 0 Å². The number of carbonyl (C=O) groups excluding carboxylic acids is 2. The molecule has 5 aromatic heterocycles. The lowest BCUT2D eigenvalue weighted by atomic mass is 10.3. The highest BCUT2D eigenvalue weighted by molar-refractivity contribution is 9.10. The van der Waals surface area contributed by atoms with Crippen LogP contribution in [0.4, 0.5) is 0 Å². The Morgan fingerprint density at radius 3 is 1.61 bits per heavy atom. The molecule has 7 aromatic rings. The maximum Gasteiger partial charge on any atom is 0.168 e. The molecule has 0 aliphatic heterocycles. The van der Waals surface area contributed by atoms with Crippen LogP contribution < -0.4 is 6.15 Å². The largest absolute Gasteiger partial charge is 0.412 e. The molecule has 0 amide bonds. The molecule has 2 aromatic carbocycles. The van der Waals surface area contributed by atoms with Crippen LogP contribution in [0.15, 0.2) is 176 Å². The van der Waals surface area contributed by atoms with Gasteiger partial charge in [0, 0.05) is 53.5 Å². The van der Waals surface area contributed by atoms with Gasteiger partial charge in [0.25, 0.3) is 0 Å². The third-order valence-electron chi connectivity index (χ3n) is 5.61. The fourth-order valence-corrected chi connectivity index (χ4v) is 3.86. The second-order valence-corrected chi connectivity index (χ2v) is 9.78. The number of carbonyl (C=O) groups is 2. The number of aldehydes is 2. The number of H-pyrrole nitrogens is 1.